The number of carbonyl (C=O) groups excluding carboxylic acids is 2. The molecule has 0 fully saturated rings. The Morgan fingerprint density at radius 1 is 1.15 bits per heavy atom. The van der Waals surface area contributed by atoms with Crippen molar-refractivity contribution in [1.82, 2.24) is 10.2 Å². The largest absolute Gasteiger partial charge is 0.486 e. The third-order valence-corrected chi connectivity index (χ3v) is 5.22. The van der Waals surface area contributed by atoms with Crippen LogP contribution in [0.4, 0.5) is 0 Å². The fraction of sp³-hybridized carbons (Fsp3) is 0.400. The first kappa shape index (κ1) is 19.2. The smallest absolute Gasteiger partial charge is 0.264 e. The van der Waals surface area contributed by atoms with Crippen molar-refractivity contribution < 1.29 is 19.1 Å². The van der Waals surface area contributed by atoms with Gasteiger partial charge in [0.1, 0.15) is 13.2 Å². The van der Waals surface area contributed by atoms with Crippen LogP contribution in [0.15, 0.2) is 30.3 Å². The zero-order valence-corrected chi connectivity index (χ0v) is 16.6. The van der Waals surface area contributed by atoms with E-state index in [2.05, 4.69) is 5.32 Å². The summed E-state index contributed by atoms with van der Waals surface area (Å²) in [5.41, 5.74) is 0.976. The Morgan fingerprint density at radius 2 is 1.89 bits per heavy atom. The lowest BCUT2D eigenvalue weighted by Gasteiger charge is -2.20. The Kier molecular flexibility index (Phi) is 6.01. The van der Waals surface area contributed by atoms with Gasteiger partial charge >= 0.3 is 0 Å². The average Bonchev–Trinajstić information content (AvgIpc) is 3.14. The van der Waals surface area contributed by atoms with Gasteiger partial charge in [-0.05, 0) is 56.7 Å². The highest BCUT2D eigenvalue weighted by molar-refractivity contribution is 7.17. The summed E-state index contributed by atoms with van der Waals surface area (Å²) in [6.07, 6.45) is 0. The maximum atomic E-state index is 12.8. The molecule has 0 spiro atoms. The van der Waals surface area contributed by atoms with Gasteiger partial charge in [0.05, 0.1) is 11.4 Å². The van der Waals surface area contributed by atoms with E-state index in [1.54, 1.807) is 4.90 Å². The minimum Gasteiger partial charge on any atom is -0.486 e. The zero-order valence-electron chi connectivity index (χ0n) is 15.8. The van der Waals surface area contributed by atoms with E-state index >= 15 is 0 Å². The van der Waals surface area contributed by atoms with Crippen LogP contribution in [-0.2, 0) is 4.79 Å². The predicted octanol–water partition coefficient (Wildman–Crippen LogP) is 3.17. The molecule has 2 aromatic rings. The number of fused-ring (bicyclic) bond motifs is 1. The number of hydrogen-bond donors (Lipinski definition) is 1. The van der Waals surface area contributed by atoms with Crippen LogP contribution >= 0.6 is 11.3 Å². The number of likely N-dealkylation sites (N-methyl/N-ethyl adjacent to an activating group) is 1. The van der Waals surface area contributed by atoms with E-state index < -0.39 is 0 Å². The second-order valence-corrected chi connectivity index (χ2v) is 7.65. The van der Waals surface area contributed by atoms with Gasteiger partial charge in [0, 0.05) is 17.5 Å². The molecule has 1 aliphatic heterocycles. The summed E-state index contributed by atoms with van der Waals surface area (Å²) < 4.78 is 11.2. The number of nitrogens with zero attached hydrogens (tertiary/aromatic N) is 1. The van der Waals surface area contributed by atoms with Crippen molar-refractivity contribution in [1.29, 1.82) is 0 Å². The Bertz CT molecular complexity index is 831. The van der Waals surface area contributed by atoms with Crippen LogP contribution in [0, 0.1) is 0 Å². The molecule has 2 heterocycles. The molecule has 7 heteroatoms. The van der Waals surface area contributed by atoms with E-state index in [-0.39, 0.29) is 24.4 Å². The van der Waals surface area contributed by atoms with Crippen molar-refractivity contribution in [3.05, 3.63) is 35.2 Å². The normalized spacial score (nSPS) is 12.7. The number of ether oxygens (including phenoxy) is 2. The zero-order chi connectivity index (χ0) is 19.4. The first-order chi connectivity index (χ1) is 13.0. The Labute approximate surface area is 163 Å². The summed E-state index contributed by atoms with van der Waals surface area (Å²) >= 11 is 1.41. The minimum absolute atomic E-state index is 0.0508. The lowest BCUT2D eigenvalue weighted by molar-refractivity contribution is -0.122. The molecule has 1 aromatic carbocycles. The number of nitrogens with one attached hydrogen (secondary N) is 1. The molecule has 27 heavy (non-hydrogen) atoms. The van der Waals surface area contributed by atoms with Crippen LogP contribution in [0.25, 0.3) is 10.4 Å². The first-order valence-corrected chi connectivity index (χ1v) is 9.88. The molecule has 0 atom stereocenters. The summed E-state index contributed by atoms with van der Waals surface area (Å²) in [6.45, 7) is 7.29. The molecular formula is C20H24N2O4S. The van der Waals surface area contributed by atoms with E-state index in [9.17, 15) is 9.59 Å². The summed E-state index contributed by atoms with van der Waals surface area (Å²) in [4.78, 5) is 27.9. The second kappa shape index (κ2) is 8.43. The molecule has 0 bridgehead atoms. The fourth-order valence-electron chi connectivity index (χ4n) is 2.83. The van der Waals surface area contributed by atoms with Crippen molar-refractivity contribution in [3.63, 3.8) is 0 Å². The van der Waals surface area contributed by atoms with Crippen LogP contribution in [0.5, 0.6) is 11.5 Å². The van der Waals surface area contributed by atoms with E-state index in [1.165, 1.54) is 11.3 Å². The van der Waals surface area contributed by atoms with Gasteiger partial charge in [-0.1, -0.05) is 0 Å². The van der Waals surface area contributed by atoms with Gasteiger partial charge in [-0.25, -0.2) is 0 Å². The van der Waals surface area contributed by atoms with Gasteiger partial charge < -0.3 is 19.7 Å². The topological polar surface area (TPSA) is 67.9 Å². The molecule has 0 unspecified atom stereocenters. The molecule has 0 aliphatic carbocycles. The Balaban J connectivity index is 1.74. The predicted molar refractivity (Wildman–Crippen MR) is 106 cm³/mol. The summed E-state index contributed by atoms with van der Waals surface area (Å²) in [7, 11) is 0. The lowest BCUT2D eigenvalue weighted by atomic mass is 10.1. The van der Waals surface area contributed by atoms with Gasteiger partial charge in [0.25, 0.3) is 5.91 Å². The van der Waals surface area contributed by atoms with Crippen LogP contribution in [0.1, 0.15) is 30.4 Å². The number of benzene rings is 1. The molecule has 1 aliphatic rings. The summed E-state index contributed by atoms with van der Waals surface area (Å²) in [5.74, 6) is 1.18. The maximum absolute atomic E-state index is 12.8. The van der Waals surface area contributed by atoms with Gasteiger partial charge in [0.15, 0.2) is 11.5 Å². The van der Waals surface area contributed by atoms with E-state index in [0.717, 1.165) is 21.9 Å². The minimum atomic E-state index is -0.149. The van der Waals surface area contributed by atoms with Gasteiger partial charge in [-0.2, -0.15) is 0 Å². The molecule has 6 nitrogen and oxygen atoms in total. The third kappa shape index (κ3) is 4.60. The molecule has 0 radical (unpaired) electrons. The number of carbonyl (C=O) groups is 2. The molecule has 1 aromatic heterocycles. The van der Waals surface area contributed by atoms with E-state index in [1.807, 2.05) is 51.1 Å². The molecule has 2 amide bonds. The van der Waals surface area contributed by atoms with Crippen LogP contribution in [0.2, 0.25) is 0 Å². The van der Waals surface area contributed by atoms with Crippen LogP contribution in [-0.4, -0.2) is 49.1 Å². The molecule has 0 saturated carbocycles. The van der Waals surface area contributed by atoms with Crippen LogP contribution in [0.3, 0.4) is 0 Å². The number of thiophene rings is 1. The average molecular weight is 388 g/mol. The monoisotopic (exact) mass is 388 g/mol. The Morgan fingerprint density at radius 3 is 2.59 bits per heavy atom. The molecule has 3 rings (SSSR count). The van der Waals surface area contributed by atoms with Gasteiger partial charge in [-0.3, -0.25) is 9.59 Å². The van der Waals surface area contributed by atoms with Gasteiger partial charge in [0.2, 0.25) is 5.91 Å². The molecule has 1 N–H and O–H groups in total. The highest BCUT2D eigenvalue weighted by Crippen LogP contribution is 2.37. The number of amides is 2. The van der Waals surface area contributed by atoms with Crippen molar-refractivity contribution in [2.75, 3.05) is 26.3 Å². The van der Waals surface area contributed by atoms with E-state index in [0.29, 0.717) is 24.6 Å². The fourth-order valence-corrected chi connectivity index (χ4v) is 3.80. The Hall–Kier alpha value is -2.54. The highest BCUT2D eigenvalue weighted by atomic mass is 32.1. The third-order valence-electron chi connectivity index (χ3n) is 4.10. The van der Waals surface area contributed by atoms with Crippen molar-refractivity contribution in [2.24, 2.45) is 0 Å². The second-order valence-electron chi connectivity index (χ2n) is 6.56. The molecule has 0 saturated heterocycles. The quantitative estimate of drug-likeness (QED) is 0.825. The van der Waals surface area contributed by atoms with Crippen molar-refractivity contribution in [3.8, 4) is 21.9 Å². The summed E-state index contributed by atoms with van der Waals surface area (Å²) in [6, 6.07) is 9.56. The number of hydrogen-bond acceptors (Lipinski definition) is 5. The lowest BCUT2D eigenvalue weighted by Crippen LogP contribution is -2.42. The molecule has 144 valence electrons. The highest BCUT2D eigenvalue weighted by Gasteiger charge is 2.20. The van der Waals surface area contributed by atoms with Crippen LogP contribution < -0.4 is 14.8 Å². The first-order valence-electron chi connectivity index (χ1n) is 9.06. The number of rotatable bonds is 6. The standard InChI is InChI=1S/C20H24N2O4S/c1-4-22(12-19(23)21-13(2)3)20(24)18-8-7-17(27-18)14-5-6-15-16(11-14)26-10-9-25-15/h5-8,11,13H,4,9-10,12H2,1-3H3,(H,21,23). The molecular weight excluding hydrogens is 364 g/mol. The maximum Gasteiger partial charge on any atom is 0.264 e. The van der Waals surface area contributed by atoms with E-state index in [4.69, 9.17) is 9.47 Å². The SMILES string of the molecule is CCN(CC(=O)NC(C)C)C(=O)c1ccc(-c2ccc3c(c2)OCCO3)s1. The van der Waals surface area contributed by atoms with Crippen molar-refractivity contribution >= 4 is 23.2 Å². The van der Waals surface area contributed by atoms with Gasteiger partial charge in [-0.15, -0.1) is 11.3 Å². The summed E-state index contributed by atoms with van der Waals surface area (Å²) in [5, 5.41) is 2.82. The van der Waals surface area contributed by atoms with Crippen molar-refractivity contribution in [2.45, 2.75) is 26.8 Å².